The second-order valence-electron chi connectivity index (χ2n) is 3.38. The maximum absolute atomic E-state index is 8.98. The third-order valence-corrected chi connectivity index (χ3v) is 2.49. The van der Waals surface area contributed by atoms with Gasteiger partial charge in [0.15, 0.2) is 5.15 Å². The Bertz CT molecular complexity index is 479. The Morgan fingerprint density at radius 3 is 2.87 bits per heavy atom. The summed E-state index contributed by atoms with van der Waals surface area (Å²) in [5, 5.41) is 9.31. The van der Waals surface area contributed by atoms with Crippen molar-refractivity contribution in [2.45, 2.75) is 13.5 Å². The Labute approximate surface area is 92.7 Å². The molecule has 0 bridgehead atoms. The van der Waals surface area contributed by atoms with Gasteiger partial charge in [0.2, 0.25) is 0 Å². The van der Waals surface area contributed by atoms with Gasteiger partial charge in [-0.05, 0) is 13.0 Å². The number of aryl methyl sites for hydroxylation is 1. The predicted octanol–water partition coefficient (Wildman–Crippen LogP) is 2.53. The quantitative estimate of drug-likeness (QED) is 0.821. The molecule has 2 rings (SSSR count). The van der Waals surface area contributed by atoms with E-state index in [1.165, 1.54) is 0 Å². The molecule has 0 saturated heterocycles. The monoisotopic (exact) mass is 222 g/mol. The minimum absolute atomic E-state index is 0.127. The fourth-order valence-corrected chi connectivity index (χ4v) is 1.61. The standard InChI is InChI=1S/C11H11ClN2O/c1-7-3-2-4-8(5-7)11-13-9(6-15)10(12)14-11/h2-5,15H,6H2,1H3,(H,13,14). The van der Waals surface area contributed by atoms with Crippen molar-refractivity contribution in [2.24, 2.45) is 0 Å². The van der Waals surface area contributed by atoms with E-state index in [0.29, 0.717) is 16.7 Å². The second-order valence-corrected chi connectivity index (χ2v) is 3.74. The summed E-state index contributed by atoms with van der Waals surface area (Å²) in [6.07, 6.45) is 0. The predicted molar refractivity (Wildman–Crippen MR) is 59.7 cm³/mol. The molecule has 0 atom stereocenters. The van der Waals surface area contributed by atoms with Crippen LogP contribution in [0.5, 0.6) is 0 Å². The van der Waals surface area contributed by atoms with Crippen LogP contribution in [0, 0.1) is 6.92 Å². The Kier molecular flexibility index (Phi) is 2.75. The molecule has 4 heteroatoms. The molecule has 0 fully saturated rings. The van der Waals surface area contributed by atoms with Gasteiger partial charge in [0.05, 0.1) is 12.3 Å². The number of hydrogen-bond donors (Lipinski definition) is 2. The molecule has 1 heterocycles. The number of nitrogens with zero attached hydrogens (tertiary/aromatic N) is 1. The number of imidazole rings is 1. The van der Waals surface area contributed by atoms with Crippen molar-refractivity contribution in [1.29, 1.82) is 0 Å². The van der Waals surface area contributed by atoms with Crippen molar-refractivity contribution in [2.75, 3.05) is 0 Å². The Morgan fingerprint density at radius 1 is 1.47 bits per heavy atom. The van der Waals surface area contributed by atoms with Gasteiger partial charge in [0, 0.05) is 5.56 Å². The summed E-state index contributed by atoms with van der Waals surface area (Å²) in [7, 11) is 0. The summed E-state index contributed by atoms with van der Waals surface area (Å²) < 4.78 is 0. The Balaban J connectivity index is 2.45. The summed E-state index contributed by atoms with van der Waals surface area (Å²) >= 11 is 5.83. The van der Waals surface area contributed by atoms with Gasteiger partial charge in [0.1, 0.15) is 5.82 Å². The van der Waals surface area contributed by atoms with Crippen LogP contribution in [0.3, 0.4) is 0 Å². The number of aliphatic hydroxyl groups is 1. The number of aromatic amines is 1. The van der Waals surface area contributed by atoms with Gasteiger partial charge in [-0.25, -0.2) is 4.98 Å². The number of nitrogens with one attached hydrogen (secondary N) is 1. The van der Waals surface area contributed by atoms with Gasteiger partial charge >= 0.3 is 0 Å². The lowest BCUT2D eigenvalue weighted by molar-refractivity contribution is 0.277. The van der Waals surface area contributed by atoms with Gasteiger partial charge in [-0.2, -0.15) is 0 Å². The highest BCUT2D eigenvalue weighted by Crippen LogP contribution is 2.21. The van der Waals surface area contributed by atoms with E-state index < -0.39 is 0 Å². The number of benzene rings is 1. The maximum atomic E-state index is 8.98. The minimum Gasteiger partial charge on any atom is -0.390 e. The third-order valence-electron chi connectivity index (χ3n) is 2.18. The zero-order valence-electron chi connectivity index (χ0n) is 8.29. The van der Waals surface area contributed by atoms with Gasteiger partial charge in [0.25, 0.3) is 0 Å². The molecule has 1 aromatic heterocycles. The highest BCUT2D eigenvalue weighted by molar-refractivity contribution is 6.30. The molecule has 0 unspecified atom stereocenters. The highest BCUT2D eigenvalue weighted by Gasteiger charge is 2.08. The maximum Gasteiger partial charge on any atom is 0.153 e. The van der Waals surface area contributed by atoms with Crippen molar-refractivity contribution in [3.63, 3.8) is 0 Å². The first-order chi connectivity index (χ1) is 7.20. The summed E-state index contributed by atoms with van der Waals surface area (Å²) in [6.45, 7) is 1.89. The van der Waals surface area contributed by atoms with Gasteiger partial charge in [-0.15, -0.1) is 0 Å². The van der Waals surface area contributed by atoms with E-state index in [2.05, 4.69) is 9.97 Å². The minimum atomic E-state index is -0.127. The molecule has 0 saturated carbocycles. The average Bonchev–Trinajstić information content (AvgIpc) is 2.60. The molecule has 78 valence electrons. The molecule has 0 aliphatic carbocycles. The number of H-pyrrole nitrogens is 1. The molecule has 0 radical (unpaired) electrons. The molecule has 0 aliphatic heterocycles. The van der Waals surface area contributed by atoms with E-state index in [1.807, 2.05) is 31.2 Å². The topological polar surface area (TPSA) is 48.9 Å². The van der Waals surface area contributed by atoms with E-state index >= 15 is 0 Å². The number of halogens is 1. The van der Waals surface area contributed by atoms with Crippen LogP contribution in [0.4, 0.5) is 0 Å². The number of aliphatic hydroxyl groups excluding tert-OH is 1. The molecular weight excluding hydrogens is 212 g/mol. The van der Waals surface area contributed by atoms with Crippen LogP contribution in [-0.4, -0.2) is 15.1 Å². The highest BCUT2D eigenvalue weighted by atomic mass is 35.5. The first-order valence-corrected chi connectivity index (χ1v) is 5.01. The normalized spacial score (nSPS) is 10.6. The first-order valence-electron chi connectivity index (χ1n) is 4.63. The van der Waals surface area contributed by atoms with Crippen molar-refractivity contribution >= 4 is 11.6 Å². The summed E-state index contributed by atoms with van der Waals surface area (Å²) in [5.74, 6) is 0.688. The molecule has 1 aromatic carbocycles. The van der Waals surface area contributed by atoms with Crippen LogP contribution in [0.25, 0.3) is 11.4 Å². The molecule has 0 spiro atoms. The van der Waals surface area contributed by atoms with E-state index in [4.69, 9.17) is 16.7 Å². The van der Waals surface area contributed by atoms with E-state index in [-0.39, 0.29) is 6.61 Å². The van der Waals surface area contributed by atoms with Crippen LogP contribution in [0.15, 0.2) is 24.3 Å². The lowest BCUT2D eigenvalue weighted by atomic mass is 10.1. The van der Waals surface area contributed by atoms with Gasteiger partial charge in [-0.3, -0.25) is 0 Å². The average molecular weight is 223 g/mol. The SMILES string of the molecule is Cc1cccc(-c2nc(Cl)c(CO)[nH]2)c1. The van der Waals surface area contributed by atoms with Crippen LogP contribution in [-0.2, 0) is 6.61 Å². The van der Waals surface area contributed by atoms with Crippen molar-refractivity contribution in [1.82, 2.24) is 9.97 Å². The van der Waals surface area contributed by atoms with Crippen LogP contribution < -0.4 is 0 Å². The van der Waals surface area contributed by atoms with E-state index in [9.17, 15) is 0 Å². The smallest absolute Gasteiger partial charge is 0.153 e. The number of hydrogen-bond acceptors (Lipinski definition) is 2. The summed E-state index contributed by atoms with van der Waals surface area (Å²) in [6, 6.07) is 7.93. The summed E-state index contributed by atoms with van der Waals surface area (Å²) in [5.41, 5.74) is 2.68. The van der Waals surface area contributed by atoms with Crippen molar-refractivity contribution < 1.29 is 5.11 Å². The number of rotatable bonds is 2. The van der Waals surface area contributed by atoms with E-state index in [0.717, 1.165) is 11.1 Å². The van der Waals surface area contributed by atoms with Crippen molar-refractivity contribution in [3.8, 4) is 11.4 Å². The van der Waals surface area contributed by atoms with Crippen LogP contribution in [0.1, 0.15) is 11.3 Å². The van der Waals surface area contributed by atoms with Gasteiger partial charge < -0.3 is 10.1 Å². The zero-order chi connectivity index (χ0) is 10.8. The fourth-order valence-electron chi connectivity index (χ4n) is 1.42. The molecule has 0 aliphatic rings. The molecule has 2 N–H and O–H groups in total. The largest absolute Gasteiger partial charge is 0.390 e. The van der Waals surface area contributed by atoms with Crippen LogP contribution >= 0.6 is 11.6 Å². The number of aromatic nitrogens is 2. The Hall–Kier alpha value is -1.32. The lowest BCUT2D eigenvalue weighted by Gasteiger charge is -1.97. The third kappa shape index (κ3) is 2.03. The lowest BCUT2D eigenvalue weighted by Crippen LogP contribution is -1.84. The fraction of sp³-hybridized carbons (Fsp3) is 0.182. The van der Waals surface area contributed by atoms with Crippen LogP contribution in [0.2, 0.25) is 5.15 Å². The molecule has 0 amide bonds. The first kappa shape index (κ1) is 10.2. The summed E-state index contributed by atoms with van der Waals surface area (Å²) in [4.78, 5) is 7.12. The second kappa shape index (κ2) is 4.04. The Morgan fingerprint density at radius 2 is 2.27 bits per heavy atom. The van der Waals surface area contributed by atoms with Gasteiger partial charge in [-0.1, -0.05) is 35.4 Å². The molecular formula is C11H11ClN2O. The molecule has 3 nitrogen and oxygen atoms in total. The van der Waals surface area contributed by atoms with Crippen molar-refractivity contribution in [3.05, 3.63) is 40.7 Å². The molecule has 15 heavy (non-hydrogen) atoms. The zero-order valence-corrected chi connectivity index (χ0v) is 9.04. The van der Waals surface area contributed by atoms with E-state index in [1.54, 1.807) is 0 Å². The molecule has 2 aromatic rings.